The molecule has 0 fully saturated rings. The molecule has 4 heteroatoms. The van der Waals surface area contributed by atoms with Crippen LogP contribution in [0, 0.1) is 0 Å². The van der Waals surface area contributed by atoms with Gasteiger partial charge < -0.3 is 19.3 Å². The fourth-order valence-electron chi connectivity index (χ4n) is 1.17. The molecule has 0 bridgehead atoms. The van der Waals surface area contributed by atoms with Crippen molar-refractivity contribution in [1.82, 2.24) is 9.80 Å². The average Bonchev–Trinajstić information content (AvgIpc) is 2.65. The van der Waals surface area contributed by atoms with Crippen LogP contribution in [0.25, 0.3) is 0 Å². The summed E-state index contributed by atoms with van der Waals surface area (Å²) >= 11 is 0. The van der Waals surface area contributed by atoms with E-state index in [4.69, 9.17) is 9.47 Å². The number of methoxy groups -OCH3 is 1. The summed E-state index contributed by atoms with van der Waals surface area (Å²) in [4.78, 5) is 4.20. The van der Waals surface area contributed by atoms with Crippen LogP contribution >= 0.6 is 0 Å². The molecule has 14 heavy (non-hydrogen) atoms. The Hall–Kier alpha value is -1.00. The fraction of sp³-hybridized carbons (Fsp3) is 0.600. The molecule has 1 aliphatic rings. The zero-order chi connectivity index (χ0) is 10.2. The Labute approximate surface area is 85.4 Å². The zero-order valence-electron chi connectivity index (χ0n) is 8.69. The Morgan fingerprint density at radius 2 is 2.21 bits per heavy atom. The highest BCUT2D eigenvalue weighted by Crippen LogP contribution is 2.05. The molecule has 0 radical (unpaired) electrons. The summed E-state index contributed by atoms with van der Waals surface area (Å²) < 4.78 is 10.2. The van der Waals surface area contributed by atoms with Gasteiger partial charge in [0.25, 0.3) is 0 Å². The van der Waals surface area contributed by atoms with Crippen molar-refractivity contribution in [3.63, 3.8) is 0 Å². The highest BCUT2D eigenvalue weighted by Gasteiger charge is 2.08. The van der Waals surface area contributed by atoms with E-state index >= 15 is 0 Å². The Bertz CT molecular complexity index is 195. The van der Waals surface area contributed by atoms with Crippen molar-refractivity contribution in [2.24, 2.45) is 0 Å². The van der Waals surface area contributed by atoms with Gasteiger partial charge in [0.2, 0.25) is 0 Å². The maximum atomic E-state index is 5.36. The number of nitrogens with zero attached hydrogens (tertiary/aromatic N) is 2. The quantitative estimate of drug-likeness (QED) is 0.566. The van der Waals surface area contributed by atoms with Crippen molar-refractivity contribution in [1.29, 1.82) is 0 Å². The minimum Gasteiger partial charge on any atom is -0.382 e. The second-order valence-corrected chi connectivity index (χ2v) is 3.05. The van der Waals surface area contributed by atoms with E-state index in [2.05, 4.69) is 11.5 Å². The lowest BCUT2D eigenvalue weighted by atomic mass is 10.6. The van der Waals surface area contributed by atoms with Crippen LogP contribution < -0.4 is 0 Å². The van der Waals surface area contributed by atoms with E-state index in [0.29, 0.717) is 13.2 Å². The molecule has 0 aromatic heterocycles. The molecule has 0 N–H and O–H groups in total. The van der Waals surface area contributed by atoms with Gasteiger partial charge in [0.05, 0.1) is 26.5 Å². The Morgan fingerprint density at radius 1 is 1.36 bits per heavy atom. The van der Waals surface area contributed by atoms with Crippen LogP contribution in [0.1, 0.15) is 0 Å². The van der Waals surface area contributed by atoms with Crippen LogP contribution in [0.2, 0.25) is 0 Å². The zero-order valence-corrected chi connectivity index (χ0v) is 8.69. The van der Waals surface area contributed by atoms with Crippen LogP contribution in [0.4, 0.5) is 0 Å². The number of hydrogen-bond acceptors (Lipinski definition) is 4. The van der Waals surface area contributed by atoms with Gasteiger partial charge in [-0.05, 0) is 6.20 Å². The van der Waals surface area contributed by atoms with Crippen LogP contribution in [-0.4, -0.2) is 49.9 Å². The first-order valence-corrected chi connectivity index (χ1v) is 4.74. The molecule has 0 spiro atoms. The van der Waals surface area contributed by atoms with Gasteiger partial charge in [-0.15, -0.1) is 0 Å². The van der Waals surface area contributed by atoms with Crippen molar-refractivity contribution in [2.45, 2.75) is 0 Å². The summed E-state index contributed by atoms with van der Waals surface area (Å²) in [5, 5.41) is 0. The van der Waals surface area contributed by atoms with E-state index < -0.39 is 0 Å². The molecule has 0 amide bonds. The normalized spacial score (nSPS) is 15.2. The predicted octanol–water partition coefficient (Wildman–Crippen LogP) is 0.839. The van der Waals surface area contributed by atoms with Gasteiger partial charge >= 0.3 is 0 Å². The molecule has 0 aromatic carbocycles. The van der Waals surface area contributed by atoms with Crippen molar-refractivity contribution in [3.8, 4) is 0 Å². The minimum atomic E-state index is 0.661. The maximum Gasteiger partial charge on any atom is 0.0936 e. The topological polar surface area (TPSA) is 24.9 Å². The lowest BCUT2D eigenvalue weighted by Crippen LogP contribution is -2.25. The van der Waals surface area contributed by atoms with Gasteiger partial charge in [-0.3, -0.25) is 0 Å². The molecule has 0 saturated carbocycles. The third kappa shape index (κ3) is 3.81. The first kappa shape index (κ1) is 11.1. The summed E-state index contributed by atoms with van der Waals surface area (Å²) in [6.45, 7) is 7.54. The van der Waals surface area contributed by atoms with Crippen molar-refractivity contribution in [2.75, 3.05) is 40.1 Å². The summed E-state index contributed by atoms with van der Waals surface area (Å²) in [5.41, 5.74) is 0. The molecule has 0 atom stereocenters. The highest BCUT2D eigenvalue weighted by atomic mass is 16.5. The average molecular weight is 198 g/mol. The molecule has 0 aromatic rings. The van der Waals surface area contributed by atoms with Gasteiger partial charge in [0, 0.05) is 26.1 Å². The van der Waals surface area contributed by atoms with E-state index in [1.807, 2.05) is 23.5 Å². The van der Waals surface area contributed by atoms with Crippen molar-refractivity contribution < 1.29 is 9.47 Å². The summed E-state index contributed by atoms with van der Waals surface area (Å²) in [7, 11) is 1.68. The van der Waals surface area contributed by atoms with Crippen LogP contribution in [0.5, 0.6) is 0 Å². The highest BCUT2D eigenvalue weighted by molar-refractivity contribution is 4.94. The Balaban J connectivity index is 1.98. The number of rotatable bonds is 7. The monoisotopic (exact) mass is 198 g/mol. The molecule has 1 rings (SSSR count). The maximum absolute atomic E-state index is 5.36. The third-order valence-corrected chi connectivity index (χ3v) is 2.00. The van der Waals surface area contributed by atoms with E-state index in [1.54, 1.807) is 7.11 Å². The van der Waals surface area contributed by atoms with Gasteiger partial charge in [-0.25, -0.2) is 0 Å². The molecule has 80 valence electrons. The third-order valence-electron chi connectivity index (χ3n) is 2.00. The van der Waals surface area contributed by atoms with Crippen LogP contribution in [-0.2, 0) is 9.47 Å². The largest absolute Gasteiger partial charge is 0.382 e. The molecule has 1 aliphatic heterocycles. The number of hydrogen-bond donors (Lipinski definition) is 0. The molecular formula is C10H18N2O2. The first-order chi connectivity index (χ1) is 6.86. The van der Waals surface area contributed by atoms with Crippen LogP contribution in [0.3, 0.4) is 0 Å². The number of ether oxygens (including phenoxy) is 2. The van der Waals surface area contributed by atoms with Gasteiger partial charge in [-0.2, -0.15) is 0 Å². The molecule has 0 unspecified atom stereocenters. The van der Waals surface area contributed by atoms with E-state index in [-0.39, 0.29) is 0 Å². The van der Waals surface area contributed by atoms with Crippen molar-refractivity contribution >= 4 is 0 Å². The van der Waals surface area contributed by atoms with Crippen molar-refractivity contribution in [3.05, 3.63) is 25.2 Å². The summed E-state index contributed by atoms with van der Waals surface area (Å²) in [5.74, 6) is 0. The second-order valence-electron chi connectivity index (χ2n) is 3.05. The van der Waals surface area contributed by atoms with Crippen LogP contribution in [0.15, 0.2) is 25.2 Å². The molecule has 0 saturated heterocycles. The molecule has 0 aliphatic carbocycles. The lowest BCUT2D eigenvalue weighted by molar-refractivity contribution is 0.0618. The standard InChI is InChI=1S/C10H18N2O2/c1-3-11-4-5-12(10-11)6-7-14-9-8-13-2/h3-5H,1,6-10H2,2H3. The van der Waals surface area contributed by atoms with Gasteiger partial charge in [-0.1, -0.05) is 6.58 Å². The fourth-order valence-corrected chi connectivity index (χ4v) is 1.17. The second kappa shape index (κ2) is 6.45. The van der Waals surface area contributed by atoms with E-state index in [1.165, 1.54) is 0 Å². The first-order valence-electron chi connectivity index (χ1n) is 4.74. The minimum absolute atomic E-state index is 0.661. The predicted molar refractivity (Wildman–Crippen MR) is 55.4 cm³/mol. The smallest absolute Gasteiger partial charge is 0.0936 e. The van der Waals surface area contributed by atoms with E-state index in [0.717, 1.165) is 19.8 Å². The summed E-state index contributed by atoms with van der Waals surface area (Å²) in [6, 6.07) is 0. The molecular weight excluding hydrogens is 180 g/mol. The molecule has 4 nitrogen and oxygen atoms in total. The SMILES string of the molecule is C=CN1C=CN(CCOCCOC)C1. The molecule has 1 heterocycles. The van der Waals surface area contributed by atoms with Gasteiger partial charge in [0.15, 0.2) is 0 Å². The Kier molecular flexibility index (Phi) is 5.11. The van der Waals surface area contributed by atoms with Gasteiger partial charge in [0.1, 0.15) is 0 Å². The summed E-state index contributed by atoms with van der Waals surface area (Å²) in [6.07, 6.45) is 5.85. The Morgan fingerprint density at radius 3 is 2.86 bits per heavy atom. The lowest BCUT2D eigenvalue weighted by Gasteiger charge is -2.18. The van der Waals surface area contributed by atoms with E-state index in [9.17, 15) is 0 Å².